The maximum atomic E-state index is 10.2. The first-order valence-corrected chi connectivity index (χ1v) is 7.80. The molecule has 1 aromatic rings. The minimum absolute atomic E-state index is 0.415. The average Bonchev–Trinajstić information content (AvgIpc) is 2.45. The number of aliphatic hydroxyl groups is 1. The number of hydrogen-bond acceptors (Lipinski definition) is 3. The van der Waals surface area contributed by atoms with Crippen LogP contribution < -0.4 is 9.47 Å². The number of benzene rings is 1. The number of rotatable bonds is 10. The third kappa shape index (κ3) is 5.41. The molecule has 1 N–H and O–H groups in total. The first kappa shape index (κ1) is 16.8. The van der Waals surface area contributed by atoms with Gasteiger partial charge in [0.25, 0.3) is 0 Å². The summed E-state index contributed by atoms with van der Waals surface area (Å²) < 4.78 is 11.1. The van der Waals surface area contributed by atoms with E-state index in [1.165, 1.54) is 19.3 Å². The first-order valence-electron chi connectivity index (χ1n) is 7.80. The van der Waals surface area contributed by atoms with Crippen molar-refractivity contribution in [2.75, 3.05) is 13.2 Å². The van der Waals surface area contributed by atoms with E-state index < -0.39 is 6.10 Å². The predicted octanol–water partition coefficient (Wildman–Crippen LogP) is 4.49. The van der Waals surface area contributed by atoms with Gasteiger partial charge in [-0.15, -0.1) is 0 Å². The van der Waals surface area contributed by atoms with Gasteiger partial charge in [-0.25, -0.2) is 0 Å². The maximum Gasteiger partial charge on any atom is 0.161 e. The third-order valence-corrected chi connectivity index (χ3v) is 3.28. The Morgan fingerprint density at radius 3 is 2.30 bits per heavy atom. The minimum atomic E-state index is -0.415. The Balaban J connectivity index is 2.66. The Kier molecular flexibility index (Phi) is 8.12. The van der Waals surface area contributed by atoms with E-state index in [-0.39, 0.29) is 0 Å². The van der Waals surface area contributed by atoms with Crippen molar-refractivity contribution in [1.82, 2.24) is 0 Å². The van der Waals surface area contributed by atoms with Crippen LogP contribution >= 0.6 is 0 Å². The van der Waals surface area contributed by atoms with Crippen LogP contribution in [0.4, 0.5) is 0 Å². The molecule has 1 atom stereocenters. The molecule has 0 heterocycles. The van der Waals surface area contributed by atoms with E-state index in [1.807, 2.05) is 32.0 Å². The number of hydrogen-bond donors (Lipinski definition) is 1. The molecule has 0 aromatic heterocycles. The van der Waals surface area contributed by atoms with Crippen LogP contribution in [0, 0.1) is 0 Å². The van der Waals surface area contributed by atoms with Gasteiger partial charge in [0.15, 0.2) is 11.5 Å². The van der Waals surface area contributed by atoms with Crippen LogP contribution in [0.1, 0.15) is 64.5 Å². The van der Waals surface area contributed by atoms with Crippen LogP contribution in [0.5, 0.6) is 11.5 Å². The number of unbranched alkanes of at least 4 members (excludes halogenated alkanes) is 3. The van der Waals surface area contributed by atoms with Crippen molar-refractivity contribution in [2.24, 2.45) is 0 Å². The van der Waals surface area contributed by atoms with Crippen LogP contribution in [0.2, 0.25) is 0 Å². The van der Waals surface area contributed by atoms with Crippen LogP contribution in [-0.2, 0) is 0 Å². The van der Waals surface area contributed by atoms with Gasteiger partial charge < -0.3 is 14.6 Å². The molecule has 3 heteroatoms. The van der Waals surface area contributed by atoms with Crippen molar-refractivity contribution in [3.63, 3.8) is 0 Å². The predicted molar refractivity (Wildman–Crippen MR) is 82.5 cm³/mol. The molecule has 0 radical (unpaired) electrons. The highest BCUT2D eigenvalue weighted by atomic mass is 16.5. The first-order chi connectivity index (χ1) is 9.72. The zero-order chi connectivity index (χ0) is 14.8. The number of aliphatic hydroxyl groups excluding tert-OH is 1. The zero-order valence-electron chi connectivity index (χ0n) is 13.0. The van der Waals surface area contributed by atoms with E-state index in [0.29, 0.717) is 13.2 Å². The fourth-order valence-electron chi connectivity index (χ4n) is 2.21. The summed E-state index contributed by atoms with van der Waals surface area (Å²) in [7, 11) is 0. The van der Waals surface area contributed by atoms with Crippen molar-refractivity contribution in [3.8, 4) is 11.5 Å². The summed E-state index contributed by atoms with van der Waals surface area (Å²) in [5.74, 6) is 1.47. The van der Waals surface area contributed by atoms with Gasteiger partial charge in [-0.3, -0.25) is 0 Å². The largest absolute Gasteiger partial charge is 0.490 e. The molecule has 0 aliphatic rings. The maximum absolute atomic E-state index is 10.2. The molecule has 20 heavy (non-hydrogen) atoms. The lowest BCUT2D eigenvalue weighted by Gasteiger charge is -2.15. The monoisotopic (exact) mass is 280 g/mol. The molecule has 0 amide bonds. The highest BCUT2D eigenvalue weighted by molar-refractivity contribution is 5.43. The number of ether oxygens (including phenoxy) is 2. The molecule has 1 rings (SSSR count). The summed E-state index contributed by atoms with van der Waals surface area (Å²) in [4.78, 5) is 0. The second-order valence-corrected chi connectivity index (χ2v) is 4.94. The van der Waals surface area contributed by atoms with Gasteiger partial charge in [0, 0.05) is 0 Å². The topological polar surface area (TPSA) is 38.7 Å². The lowest BCUT2D eigenvalue weighted by atomic mass is 10.0. The molecule has 1 aromatic carbocycles. The molecular weight excluding hydrogens is 252 g/mol. The Morgan fingerprint density at radius 1 is 0.950 bits per heavy atom. The quantitative estimate of drug-likeness (QED) is 0.642. The lowest BCUT2D eigenvalue weighted by molar-refractivity contribution is 0.162. The fraction of sp³-hybridized carbons (Fsp3) is 0.647. The van der Waals surface area contributed by atoms with Crippen LogP contribution in [0.25, 0.3) is 0 Å². The van der Waals surface area contributed by atoms with Gasteiger partial charge in [-0.05, 0) is 38.0 Å². The van der Waals surface area contributed by atoms with Crippen LogP contribution in [-0.4, -0.2) is 18.3 Å². The van der Waals surface area contributed by atoms with E-state index >= 15 is 0 Å². The van der Waals surface area contributed by atoms with E-state index in [1.54, 1.807) is 0 Å². The van der Waals surface area contributed by atoms with Crippen molar-refractivity contribution in [1.29, 1.82) is 0 Å². The molecule has 1 unspecified atom stereocenters. The van der Waals surface area contributed by atoms with Gasteiger partial charge in [0.05, 0.1) is 19.3 Å². The highest BCUT2D eigenvalue weighted by Gasteiger charge is 2.12. The lowest BCUT2D eigenvalue weighted by Crippen LogP contribution is -2.02. The Labute approximate surface area is 122 Å². The van der Waals surface area contributed by atoms with E-state index in [2.05, 4.69) is 6.92 Å². The normalized spacial score (nSPS) is 12.2. The van der Waals surface area contributed by atoms with Crippen molar-refractivity contribution < 1.29 is 14.6 Å². The minimum Gasteiger partial charge on any atom is -0.490 e. The summed E-state index contributed by atoms with van der Waals surface area (Å²) in [6, 6.07) is 5.72. The molecule has 0 aliphatic carbocycles. The molecule has 3 nitrogen and oxygen atoms in total. The van der Waals surface area contributed by atoms with E-state index in [4.69, 9.17) is 9.47 Å². The second kappa shape index (κ2) is 9.65. The van der Waals surface area contributed by atoms with Gasteiger partial charge in [-0.1, -0.05) is 38.7 Å². The molecule has 0 spiro atoms. The van der Waals surface area contributed by atoms with Gasteiger partial charge in [0.1, 0.15) is 0 Å². The van der Waals surface area contributed by atoms with Gasteiger partial charge in [-0.2, -0.15) is 0 Å². The van der Waals surface area contributed by atoms with E-state index in [9.17, 15) is 5.11 Å². The molecule has 0 saturated carbocycles. The molecule has 0 fully saturated rings. The van der Waals surface area contributed by atoms with Gasteiger partial charge >= 0.3 is 0 Å². The Hall–Kier alpha value is -1.22. The summed E-state index contributed by atoms with van der Waals surface area (Å²) in [6.07, 6.45) is 5.09. The van der Waals surface area contributed by atoms with Crippen LogP contribution in [0.15, 0.2) is 18.2 Å². The summed E-state index contributed by atoms with van der Waals surface area (Å²) in [6.45, 7) is 7.29. The average molecular weight is 280 g/mol. The van der Waals surface area contributed by atoms with Crippen molar-refractivity contribution in [3.05, 3.63) is 23.8 Å². The Morgan fingerprint density at radius 2 is 1.65 bits per heavy atom. The van der Waals surface area contributed by atoms with Crippen molar-refractivity contribution in [2.45, 2.75) is 59.0 Å². The summed E-state index contributed by atoms with van der Waals surface area (Å²) >= 11 is 0. The zero-order valence-corrected chi connectivity index (χ0v) is 13.0. The van der Waals surface area contributed by atoms with Gasteiger partial charge in [0.2, 0.25) is 0 Å². The standard InChI is InChI=1S/C17H28O3/c1-4-7-8-9-10-15(18)14-11-12-16(19-5-2)17(13-14)20-6-3/h11-13,15,18H,4-10H2,1-3H3. The smallest absolute Gasteiger partial charge is 0.161 e. The highest BCUT2D eigenvalue weighted by Crippen LogP contribution is 2.32. The summed E-state index contributed by atoms with van der Waals surface area (Å²) in [5, 5.41) is 10.2. The van der Waals surface area contributed by atoms with Crippen molar-refractivity contribution >= 4 is 0 Å². The molecule has 114 valence electrons. The fourth-order valence-corrected chi connectivity index (χ4v) is 2.21. The molecule has 0 saturated heterocycles. The molecule has 0 bridgehead atoms. The second-order valence-electron chi connectivity index (χ2n) is 4.94. The third-order valence-electron chi connectivity index (χ3n) is 3.28. The molecular formula is C17H28O3. The van der Waals surface area contributed by atoms with E-state index in [0.717, 1.165) is 29.9 Å². The SMILES string of the molecule is CCCCCCC(O)c1ccc(OCC)c(OCC)c1. The van der Waals surface area contributed by atoms with Crippen LogP contribution in [0.3, 0.4) is 0 Å². The summed E-state index contributed by atoms with van der Waals surface area (Å²) in [5.41, 5.74) is 0.911. The Bertz CT molecular complexity index is 376. The molecule has 0 aliphatic heterocycles.